The van der Waals surface area contributed by atoms with Gasteiger partial charge in [-0.1, -0.05) is 32.4 Å². The number of pyridine rings is 3. The molecule has 0 bridgehead atoms. The lowest BCUT2D eigenvalue weighted by Crippen LogP contribution is -2.19. The second kappa shape index (κ2) is 9.30. The maximum atomic E-state index is 12.4. The van der Waals surface area contributed by atoms with Crippen molar-refractivity contribution in [2.45, 2.75) is 27.2 Å². The average Bonchev–Trinajstić information content (AvgIpc) is 3.60. The van der Waals surface area contributed by atoms with Crippen molar-refractivity contribution in [2.24, 2.45) is 5.41 Å². The van der Waals surface area contributed by atoms with Crippen molar-refractivity contribution in [1.29, 1.82) is 0 Å². The lowest BCUT2D eigenvalue weighted by molar-refractivity contribution is -0.117. The van der Waals surface area contributed by atoms with E-state index in [2.05, 4.69) is 30.5 Å². The van der Waals surface area contributed by atoms with Crippen LogP contribution in [0.5, 0.6) is 0 Å². The van der Waals surface area contributed by atoms with Gasteiger partial charge in [-0.3, -0.25) is 19.9 Å². The fourth-order valence-electron chi connectivity index (χ4n) is 4.23. The fraction of sp³-hybridized carbons (Fsp3) is 0.185. The Bertz CT molecular complexity index is 1810. The molecule has 0 spiro atoms. The van der Waals surface area contributed by atoms with E-state index >= 15 is 0 Å². The minimum Gasteiger partial charge on any atom is -0.336 e. The molecule has 0 aliphatic carbocycles. The molecule has 6 aromatic heterocycles. The number of carbonyl (C=O) groups is 1. The van der Waals surface area contributed by atoms with E-state index in [1.165, 1.54) is 11.3 Å². The summed E-state index contributed by atoms with van der Waals surface area (Å²) in [5.74, 6) is 0.523. The van der Waals surface area contributed by atoms with Crippen molar-refractivity contribution in [3.05, 3.63) is 59.3 Å². The number of anilines is 1. The van der Waals surface area contributed by atoms with Gasteiger partial charge in [0.15, 0.2) is 11.5 Å². The van der Waals surface area contributed by atoms with Crippen LogP contribution < -0.4 is 5.32 Å². The molecule has 9 nitrogen and oxygen atoms in total. The molecule has 0 unspecified atom stereocenters. The summed E-state index contributed by atoms with van der Waals surface area (Å²) in [7, 11) is 0. The van der Waals surface area contributed by atoms with E-state index in [1.807, 2.05) is 57.2 Å². The first kappa shape index (κ1) is 24.2. The Balaban J connectivity index is 1.36. The second-order valence-corrected chi connectivity index (χ2v) is 11.9. The predicted molar refractivity (Wildman–Crippen MR) is 151 cm³/mol. The van der Waals surface area contributed by atoms with Gasteiger partial charge in [0.05, 0.1) is 37.8 Å². The van der Waals surface area contributed by atoms with Crippen LogP contribution in [0.15, 0.2) is 55.0 Å². The number of nitrogens with zero attached hydrogens (tertiary/aromatic N) is 5. The summed E-state index contributed by atoms with van der Waals surface area (Å²) in [5.41, 5.74) is 6.35. The molecule has 3 N–H and O–H groups in total. The molecule has 0 radical (unpaired) electrons. The summed E-state index contributed by atoms with van der Waals surface area (Å²) < 4.78 is 0.692. The number of carbonyl (C=O) groups excluding carboxylic acids is 1. The fourth-order valence-corrected chi connectivity index (χ4v) is 5.27. The highest BCUT2D eigenvalue weighted by Gasteiger charge is 2.19. The van der Waals surface area contributed by atoms with E-state index in [9.17, 15) is 4.79 Å². The molecule has 0 saturated heterocycles. The summed E-state index contributed by atoms with van der Waals surface area (Å²) >= 11 is 7.61. The molecule has 0 aliphatic heterocycles. The molecular weight excluding hydrogens is 520 g/mol. The van der Waals surface area contributed by atoms with E-state index in [4.69, 9.17) is 21.6 Å². The van der Waals surface area contributed by atoms with Crippen LogP contribution in [0.3, 0.4) is 0 Å². The van der Waals surface area contributed by atoms with Crippen molar-refractivity contribution in [3.63, 3.8) is 0 Å². The Hall–Kier alpha value is -4.15. The summed E-state index contributed by atoms with van der Waals surface area (Å²) in [6.07, 6.45) is 5.51. The van der Waals surface area contributed by atoms with Crippen molar-refractivity contribution < 1.29 is 4.79 Å². The van der Waals surface area contributed by atoms with E-state index in [0.717, 1.165) is 32.7 Å². The summed E-state index contributed by atoms with van der Waals surface area (Å²) in [6, 6.07) is 11.3. The molecule has 6 heterocycles. The zero-order valence-electron chi connectivity index (χ0n) is 20.8. The van der Waals surface area contributed by atoms with E-state index < -0.39 is 0 Å². The van der Waals surface area contributed by atoms with Crippen LogP contribution >= 0.6 is 22.9 Å². The van der Waals surface area contributed by atoms with Gasteiger partial charge < -0.3 is 10.3 Å². The molecule has 1 amide bonds. The molecule has 0 aliphatic rings. The minimum absolute atomic E-state index is 0.0550. The highest BCUT2D eigenvalue weighted by molar-refractivity contribution is 7.19. The topological polar surface area (TPSA) is 125 Å². The van der Waals surface area contributed by atoms with Crippen molar-refractivity contribution in [3.8, 4) is 33.3 Å². The number of thiophene rings is 1. The zero-order valence-corrected chi connectivity index (χ0v) is 22.4. The Morgan fingerprint density at radius 2 is 1.87 bits per heavy atom. The number of halogens is 1. The van der Waals surface area contributed by atoms with Crippen LogP contribution in [0.1, 0.15) is 27.2 Å². The van der Waals surface area contributed by atoms with Gasteiger partial charge in [0, 0.05) is 24.4 Å². The molecule has 0 aromatic carbocycles. The van der Waals surface area contributed by atoms with Gasteiger partial charge in [0.1, 0.15) is 16.7 Å². The lowest BCUT2D eigenvalue weighted by Gasteiger charge is -2.17. The first-order valence-electron chi connectivity index (χ1n) is 11.9. The van der Waals surface area contributed by atoms with Gasteiger partial charge >= 0.3 is 0 Å². The number of nitrogens with one attached hydrogen (secondary N) is 3. The average molecular weight is 543 g/mol. The largest absolute Gasteiger partial charge is 0.336 e. The highest BCUT2D eigenvalue weighted by atomic mass is 35.5. The molecule has 190 valence electrons. The van der Waals surface area contributed by atoms with Crippen LogP contribution in [0.2, 0.25) is 4.34 Å². The maximum Gasteiger partial charge on any atom is 0.224 e. The minimum atomic E-state index is -0.107. The number of hydrogen-bond donors (Lipinski definition) is 3. The SMILES string of the molecule is CC(C)(C)CC(=O)Nc1cncc(-c2ccc3[nH]nc(-c4nc5c(-c6ccc(Cl)s6)nccc5[nH]4)c3n2)c1. The first-order valence-corrected chi connectivity index (χ1v) is 13.1. The number of aromatic amines is 2. The van der Waals surface area contributed by atoms with Crippen LogP contribution in [0.4, 0.5) is 5.69 Å². The molecular formula is C27H23ClN8OS. The third-order valence-electron chi connectivity index (χ3n) is 5.85. The van der Waals surface area contributed by atoms with E-state index in [1.54, 1.807) is 18.6 Å². The second-order valence-electron chi connectivity index (χ2n) is 10.2. The third-order valence-corrected chi connectivity index (χ3v) is 7.09. The highest BCUT2D eigenvalue weighted by Crippen LogP contribution is 2.35. The van der Waals surface area contributed by atoms with Crippen LogP contribution in [0.25, 0.3) is 55.4 Å². The quantitative estimate of drug-likeness (QED) is 0.222. The monoisotopic (exact) mass is 542 g/mol. The Kier molecular flexibility index (Phi) is 5.93. The normalized spacial score (nSPS) is 11.9. The molecule has 0 saturated carbocycles. The molecule has 6 aromatic rings. The molecule has 6 rings (SSSR count). The predicted octanol–water partition coefficient (Wildman–Crippen LogP) is 6.71. The van der Waals surface area contributed by atoms with Gasteiger partial charge in [0.2, 0.25) is 5.91 Å². The molecule has 11 heteroatoms. The van der Waals surface area contributed by atoms with Crippen LogP contribution in [-0.4, -0.2) is 41.0 Å². The Labute approximate surface area is 226 Å². The smallest absolute Gasteiger partial charge is 0.224 e. The molecule has 38 heavy (non-hydrogen) atoms. The van der Waals surface area contributed by atoms with Crippen molar-refractivity contribution in [1.82, 2.24) is 35.1 Å². The first-order chi connectivity index (χ1) is 18.2. The lowest BCUT2D eigenvalue weighted by atomic mass is 9.92. The number of amides is 1. The number of rotatable bonds is 5. The van der Waals surface area contributed by atoms with Crippen LogP contribution in [0, 0.1) is 5.41 Å². The van der Waals surface area contributed by atoms with Gasteiger partial charge in [-0.2, -0.15) is 5.10 Å². The zero-order chi connectivity index (χ0) is 26.4. The standard InChI is InChI=1S/C27H23ClN8OS/c1-27(2,3)11-21(37)31-15-10-14(12-29-13-15)16-4-5-18-23(32-16)25(36-35-18)26-33-17-8-9-30-24(22(17)34-26)19-6-7-20(28)38-19/h4-10,12-13H,11H2,1-3H3,(H,31,37)(H,33,34)(H,35,36). The van der Waals surface area contributed by atoms with Crippen molar-refractivity contribution >= 4 is 56.6 Å². The van der Waals surface area contributed by atoms with Gasteiger partial charge in [-0.15, -0.1) is 11.3 Å². The van der Waals surface area contributed by atoms with E-state index in [0.29, 0.717) is 39.2 Å². The number of aromatic nitrogens is 7. The Morgan fingerprint density at radius 1 is 1.03 bits per heavy atom. The summed E-state index contributed by atoms with van der Waals surface area (Å²) in [5, 5.41) is 10.5. The van der Waals surface area contributed by atoms with Gasteiger partial charge in [-0.05, 0) is 41.8 Å². The number of H-pyrrole nitrogens is 2. The maximum absolute atomic E-state index is 12.4. The van der Waals surface area contributed by atoms with Gasteiger partial charge in [0.25, 0.3) is 0 Å². The molecule has 0 atom stereocenters. The molecule has 0 fully saturated rings. The van der Waals surface area contributed by atoms with Gasteiger partial charge in [-0.25, -0.2) is 9.97 Å². The summed E-state index contributed by atoms with van der Waals surface area (Å²) in [6.45, 7) is 6.08. The van der Waals surface area contributed by atoms with Crippen molar-refractivity contribution in [2.75, 3.05) is 5.32 Å². The number of fused-ring (bicyclic) bond motifs is 2. The van der Waals surface area contributed by atoms with Crippen LogP contribution in [-0.2, 0) is 4.79 Å². The summed E-state index contributed by atoms with van der Waals surface area (Å²) in [4.78, 5) is 35.3. The van der Waals surface area contributed by atoms with E-state index in [-0.39, 0.29) is 11.3 Å². The number of imidazole rings is 1. The number of hydrogen-bond acceptors (Lipinski definition) is 7. The Morgan fingerprint density at radius 3 is 2.66 bits per heavy atom. The third kappa shape index (κ3) is 4.75.